The van der Waals surface area contributed by atoms with E-state index in [1.54, 1.807) is 25.2 Å². The Balaban J connectivity index is 2.44. The fourth-order valence-corrected chi connectivity index (χ4v) is 1.33. The highest BCUT2D eigenvalue weighted by atomic mass is 19.4. The zero-order valence-corrected chi connectivity index (χ0v) is 10.5. The molecular formula is C12H17F3N2O2. The maximum absolute atomic E-state index is 12.0. The zero-order chi connectivity index (χ0) is 14.3. The van der Waals surface area contributed by atoms with Crippen LogP contribution in [0.5, 0.6) is 5.75 Å². The average molecular weight is 278 g/mol. The van der Waals surface area contributed by atoms with Crippen molar-refractivity contribution in [3.8, 4) is 5.75 Å². The molecule has 0 aliphatic heterocycles. The van der Waals surface area contributed by atoms with Gasteiger partial charge in [-0.15, -0.1) is 0 Å². The summed E-state index contributed by atoms with van der Waals surface area (Å²) in [7, 11) is 1.76. The van der Waals surface area contributed by atoms with Gasteiger partial charge in [-0.2, -0.15) is 13.2 Å². The molecule has 19 heavy (non-hydrogen) atoms. The Labute approximate surface area is 109 Å². The number of hydrogen-bond donors (Lipinski definition) is 2. The third-order valence-electron chi connectivity index (χ3n) is 2.30. The van der Waals surface area contributed by atoms with Crippen LogP contribution in [0.3, 0.4) is 0 Å². The van der Waals surface area contributed by atoms with Crippen LogP contribution in [0.15, 0.2) is 24.3 Å². The van der Waals surface area contributed by atoms with E-state index in [4.69, 9.17) is 10.5 Å². The smallest absolute Gasteiger partial charge is 0.411 e. The summed E-state index contributed by atoms with van der Waals surface area (Å²) in [5.74, 6) is 0.543. The minimum Gasteiger partial charge on any atom is -0.491 e. The van der Waals surface area contributed by atoms with Crippen molar-refractivity contribution in [1.82, 2.24) is 0 Å². The Morgan fingerprint density at radius 1 is 1.37 bits per heavy atom. The predicted molar refractivity (Wildman–Crippen MR) is 66.3 cm³/mol. The van der Waals surface area contributed by atoms with Gasteiger partial charge in [0, 0.05) is 25.3 Å². The van der Waals surface area contributed by atoms with Gasteiger partial charge in [0.25, 0.3) is 0 Å². The van der Waals surface area contributed by atoms with Crippen molar-refractivity contribution in [2.45, 2.75) is 12.3 Å². The molecule has 0 aromatic heterocycles. The number of halogens is 3. The van der Waals surface area contributed by atoms with Crippen LogP contribution in [-0.4, -0.2) is 39.1 Å². The molecule has 0 amide bonds. The summed E-state index contributed by atoms with van der Waals surface area (Å²) in [6.45, 7) is -1.39. The average Bonchev–Trinajstić information content (AvgIpc) is 2.38. The first-order valence-electron chi connectivity index (χ1n) is 5.73. The molecular weight excluding hydrogens is 261 g/mol. The van der Waals surface area contributed by atoms with E-state index in [1.165, 1.54) is 0 Å². The summed E-state index contributed by atoms with van der Waals surface area (Å²) in [6, 6.07) is 7.05. The van der Waals surface area contributed by atoms with E-state index in [0.717, 1.165) is 5.69 Å². The molecule has 0 bridgehead atoms. The van der Waals surface area contributed by atoms with E-state index in [9.17, 15) is 13.2 Å². The summed E-state index contributed by atoms with van der Waals surface area (Å²) in [6.07, 6.45) is -5.15. The monoisotopic (exact) mass is 278 g/mol. The second-order valence-electron chi connectivity index (χ2n) is 3.87. The molecule has 3 N–H and O–H groups in total. The molecule has 108 valence electrons. The minimum atomic E-state index is -4.36. The molecule has 4 nitrogen and oxygen atoms in total. The van der Waals surface area contributed by atoms with Crippen molar-refractivity contribution < 1.29 is 22.6 Å². The normalized spacial score (nSPS) is 13.1. The SMILES string of the molecule is CNc1cccc(OC[C@H](CN)OCC(F)(F)F)c1. The van der Waals surface area contributed by atoms with Crippen LogP contribution in [0.2, 0.25) is 0 Å². The van der Waals surface area contributed by atoms with Crippen molar-refractivity contribution in [3.05, 3.63) is 24.3 Å². The first kappa shape index (κ1) is 15.6. The Hall–Kier alpha value is -1.47. The van der Waals surface area contributed by atoms with Gasteiger partial charge < -0.3 is 20.5 Å². The van der Waals surface area contributed by atoms with Gasteiger partial charge in [0.05, 0.1) is 0 Å². The van der Waals surface area contributed by atoms with Gasteiger partial charge >= 0.3 is 6.18 Å². The van der Waals surface area contributed by atoms with Crippen LogP contribution in [-0.2, 0) is 4.74 Å². The second-order valence-corrected chi connectivity index (χ2v) is 3.87. The largest absolute Gasteiger partial charge is 0.491 e. The van der Waals surface area contributed by atoms with E-state index in [-0.39, 0.29) is 13.2 Å². The number of alkyl halides is 3. The lowest BCUT2D eigenvalue weighted by atomic mass is 10.3. The number of nitrogens with one attached hydrogen (secondary N) is 1. The van der Waals surface area contributed by atoms with E-state index >= 15 is 0 Å². The zero-order valence-electron chi connectivity index (χ0n) is 10.5. The quantitative estimate of drug-likeness (QED) is 0.801. The Bertz CT molecular complexity index is 385. The Morgan fingerprint density at radius 2 is 2.11 bits per heavy atom. The standard InChI is InChI=1S/C12H17F3N2O2/c1-17-9-3-2-4-10(5-9)18-7-11(6-16)19-8-12(13,14)15/h2-5,11,17H,6-8,16H2,1H3/t11-/m0/s1. The molecule has 0 unspecified atom stereocenters. The van der Waals surface area contributed by atoms with Crippen LogP contribution in [0.4, 0.5) is 18.9 Å². The predicted octanol–water partition coefficient (Wildman–Crippen LogP) is 2.01. The van der Waals surface area contributed by atoms with E-state index in [0.29, 0.717) is 5.75 Å². The summed E-state index contributed by atoms with van der Waals surface area (Å²) < 4.78 is 46.0. The molecule has 0 saturated carbocycles. The Morgan fingerprint density at radius 3 is 2.68 bits per heavy atom. The highest BCUT2D eigenvalue weighted by Crippen LogP contribution is 2.18. The highest BCUT2D eigenvalue weighted by Gasteiger charge is 2.29. The number of anilines is 1. The first-order chi connectivity index (χ1) is 8.94. The van der Waals surface area contributed by atoms with Crippen LogP contribution in [0.1, 0.15) is 0 Å². The maximum atomic E-state index is 12.0. The fraction of sp³-hybridized carbons (Fsp3) is 0.500. The van der Waals surface area contributed by atoms with Gasteiger partial charge in [-0.1, -0.05) is 6.07 Å². The van der Waals surface area contributed by atoms with Crippen LogP contribution < -0.4 is 15.8 Å². The fourth-order valence-electron chi connectivity index (χ4n) is 1.33. The molecule has 0 radical (unpaired) electrons. The number of hydrogen-bond acceptors (Lipinski definition) is 4. The molecule has 0 fully saturated rings. The Kier molecular flexibility index (Phi) is 5.91. The third-order valence-corrected chi connectivity index (χ3v) is 2.30. The summed E-state index contributed by atoms with van der Waals surface area (Å²) in [5, 5.41) is 2.93. The van der Waals surface area contributed by atoms with Gasteiger partial charge in [-0.3, -0.25) is 0 Å². The van der Waals surface area contributed by atoms with E-state index in [2.05, 4.69) is 10.1 Å². The molecule has 7 heteroatoms. The molecule has 1 aromatic rings. The summed E-state index contributed by atoms with van der Waals surface area (Å²) in [5.41, 5.74) is 6.18. The number of nitrogens with two attached hydrogens (primary N) is 1. The van der Waals surface area contributed by atoms with Crippen molar-refractivity contribution in [1.29, 1.82) is 0 Å². The molecule has 1 rings (SSSR count). The first-order valence-corrected chi connectivity index (χ1v) is 5.73. The van der Waals surface area contributed by atoms with E-state index < -0.39 is 18.9 Å². The van der Waals surface area contributed by atoms with Gasteiger partial charge in [-0.25, -0.2) is 0 Å². The van der Waals surface area contributed by atoms with Crippen LogP contribution in [0.25, 0.3) is 0 Å². The van der Waals surface area contributed by atoms with Crippen molar-refractivity contribution in [2.24, 2.45) is 5.73 Å². The van der Waals surface area contributed by atoms with Crippen LogP contribution in [0, 0.1) is 0 Å². The molecule has 0 aliphatic carbocycles. The van der Waals surface area contributed by atoms with Gasteiger partial charge in [0.1, 0.15) is 25.1 Å². The molecule has 0 aliphatic rings. The van der Waals surface area contributed by atoms with E-state index in [1.807, 2.05) is 6.07 Å². The number of ether oxygens (including phenoxy) is 2. The lowest BCUT2D eigenvalue weighted by Crippen LogP contribution is -2.33. The van der Waals surface area contributed by atoms with Gasteiger partial charge in [0.15, 0.2) is 0 Å². The molecule has 1 atom stereocenters. The van der Waals surface area contributed by atoms with Crippen molar-refractivity contribution in [2.75, 3.05) is 32.1 Å². The topological polar surface area (TPSA) is 56.5 Å². The lowest BCUT2D eigenvalue weighted by Gasteiger charge is -2.18. The second kappa shape index (κ2) is 7.20. The van der Waals surface area contributed by atoms with Crippen LogP contribution >= 0.6 is 0 Å². The van der Waals surface area contributed by atoms with Crippen molar-refractivity contribution >= 4 is 5.69 Å². The molecule has 1 aromatic carbocycles. The number of benzene rings is 1. The van der Waals surface area contributed by atoms with Crippen molar-refractivity contribution in [3.63, 3.8) is 0 Å². The summed E-state index contributed by atoms with van der Waals surface area (Å²) >= 11 is 0. The lowest BCUT2D eigenvalue weighted by molar-refractivity contribution is -0.186. The van der Waals surface area contributed by atoms with Gasteiger partial charge in [-0.05, 0) is 12.1 Å². The molecule has 0 spiro atoms. The third kappa shape index (κ3) is 6.30. The maximum Gasteiger partial charge on any atom is 0.411 e. The molecule has 0 heterocycles. The minimum absolute atomic E-state index is 0.0280. The molecule has 0 saturated heterocycles. The number of rotatable bonds is 7. The van der Waals surface area contributed by atoms with Gasteiger partial charge in [0.2, 0.25) is 0 Å². The highest BCUT2D eigenvalue weighted by molar-refractivity contribution is 5.47. The summed E-state index contributed by atoms with van der Waals surface area (Å²) in [4.78, 5) is 0.